The highest BCUT2D eigenvalue weighted by Crippen LogP contribution is 2.20. The average Bonchev–Trinajstić information content (AvgIpc) is 3.02. The van der Waals surface area contributed by atoms with Crippen LogP contribution in [0.1, 0.15) is 50.0 Å². The minimum Gasteiger partial charge on any atom is -0.332 e. The van der Waals surface area contributed by atoms with Gasteiger partial charge >= 0.3 is 0 Å². The van der Waals surface area contributed by atoms with Gasteiger partial charge in [0.05, 0.1) is 12.0 Å². The van der Waals surface area contributed by atoms with Gasteiger partial charge in [-0.1, -0.05) is 0 Å². The first kappa shape index (κ1) is 11.6. The van der Waals surface area contributed by atoms with E-state index < -0.39 is 0 Å². The minimum absolute atomic E-state index is 0.571. The molecule has 1 aromatic heterocycles. The molecule has 16 heavy (non-hydrogen) atoms. The molecule has 2 rings (SSSR count). The number of aromatic nitrogens is 2. The zero-order valence-electron chi connectivity index (χ0n) is 10.7. The van der Waals surface area contributed by atoms with Crippen LogP contribution in [0.4, 0.5) is 0 Å². The summed E-state index contributed by atoms with van der Waals surface area (Å²) in [6, 6.07) is 1.41. The molecular formula is C13H23N3. The third-order valence-corrected chi connectivity index (χ3v) is 3.57. The molecule has 0 saturated heterocycles. The third-order valence-electron chi connectivity index (χ3n) is 3.57. The van der Waals surface area contributed by atoms with Gasteiger partial charge in [0.15, 0.2) is 0 Å². The van der Waals surface area contributed by atoms with Crippen LogP contribution in [0.15, 0.2) is 6.33 Å². The van der Waals surface area contributed by atoms with Gasteiger partial charge in [-0.05, 0) is 53.0 Å². The summed E-state index contributed by atoms with van der Waals surface area (Å²) in [6.45, 7) is 7.68. The van der Waals surface area contributed by atoms with Gasteiger partial charge in [0, 0.05) is 17.8 Å². The van der Waals surface area contributed by atoms with E-state index in [1.807, 2.05) is 6.33 Å². The fraction of sp³-hybridized carbons (Fsp3) is 0.769. The molecule has 0 aliphatic heterocycles. The van der Waals surface area contributed by atoms with E-state index in [0.717, 1.165) is 11.7 Å². The van der Waals surface area contributed by atoms with Crippen LogP contribution in [0.2, 0.25) is 0 Å². The van der Waals surface area contributed by atoms with E-state index in [0.29, 0.717) is 6.04 Å². The topological polar surface area (TPSA) is 29.9 Å². The van der Waals surface area contributed by atoms with Gasteiger partial charge in [0.25, 0.3) is 0 Å². The Balaban J connectivity index is 1.73. The monoisotopic (exact) mass is 221 g/mol. The highest BCUT2D eigenvalue weighted by Gasteiger charge is 2.19. The number of imidazole rings is 1. The first-order chi connectivity index (χ1) is 7.68. The summed E-state index contributed by atoms with van der Waals surface area (Å²) in [5, 5.41) is 3.56. The molecule has 1 saturated carbocycles. The van der Waals surface area contributed by atoms with Crippen molar-refractivity contribution >= 4 is 0 Å². The number of aryl methyl sites for hydroxylation is 1. The van der Waals surface area contributed by atoms with Crippen LogP contribution >= 0.6 is 0 Å². The quantitative estimate of drug-likeness (QED) is 0.748. The van der Waals surface area contributed by atoms with Crippen molar-refractivity contribution in [2.24, 2.45) is 0 Å². The molecule has 3 heteroatoms. The fourth-order valence-corrected chi connectivity index (χ4v) is 2.09. The number of nitrogens with zero attached hydrogens (tertiary/aromatic N) is 2. The molecule has 1 aliphatic rings. The summed E-state index contributed by atoms with van der Waals surface area (Å²) in [4.78, 5) is 4.35. The van der Waals surface area contributed by atoms with Gasteiger partial charge in [-0.2, -0.15) is 0 Å². The van der Waals surface area contributed by atoms with Gasteiger partial charge in [-0.3, -0.25) is 0 Å². The zero-order valence-corrected chi connectivity index (χ0v) is 10.7. The Labute approximate surface area is 98.3 Å². The summed E-state index contributed by atoms with van der Waals surface area (Å²) in [7, 11) is 0. The largest absolute Gasteiger partial charge is 0.332 e. The van der Waals surface area contributed by atoms with Crippen molar-refractivity contribution in [3.63, 3.8) is 0 Å². The predicted molar refractivity (Wildman–Crippen MR) is 66.7 cm³/mol. The fourth-order valence-electron chi connectivity index (χ4n) is 2.09. The van der Waals surface area contributed by atoms with E-state index in [1.54, 1.807) is 0 Å². The number of hydrogen-bond donors (Lipinski definition) is 1. The molecule has 1 fully saturated rings. The highest BCUT2D eigenvalue weighted by atomic mass is 15.1. The Bertz CT molecular complexity index is 339. The summed E-state index contributed by atoms with van der Waals surface area (Å²) < 4.78 is 2.30. The number of rotatable bonds is 6. The lowest BCUT2D eigenvalue weighted by atomic mass is 10.1. The Hall–Kier alpha value is -0.830. The lowest BCUT2D eigenvalue weighted by Crippen LogP contribution is -2.18. The first-order valence-corrected chi connectivity index (χ1v) is 6.42. The van der Waals surface area contributed by atoms with E-state index in [9.17, 15) is 0 Å². The van der Waals surface area contributed by atoms with Gasteiger partial charge < -0.3 is 9.88 Å². The van der Waals surface area contributed by atoms with Crippen LogP contribution in [0, 0.1) is 13.8 Å². The van der Waals surface area contributed by atoms with Crippen molar-refractivity contribution in [2.75, 3.05) is 6.54 Å². The Morgan fingerprint density at radius 2 is 2.25 bits per heavy atom. The van der Waals surface area contributed by atoms with Crippen LogP contribution < -0.4 is 5.32 Å². The van der Waals surface area contributed by atoms with Gasteiger partial charge in [-0.25, -0.2) is 4.98 Å². The van der Waals surface area contributed by atoms with E-state index >= 15 is 0 Å². The van der Waals surface area contributed by atoms with Crippen LogP contribution in [0.25, 0.3) is 0 Å². The Morgan fingerprint density at radius 1 is 1.50 bits per heavy atom. The second-order valence-electron chi connectivity index (χ2n) is 5.04. The Kier molecular flexibility index (Phi) is 3.64. The van der Waals surface area contributed by atoms with E-state index in [-0.39, 0.29) is 0 Å². The summed E-state index contributed by atoms with van der Waals surface area (Å²) in [6.07, 6.45) is 7.24. The normalized spacial score (nSPS) is 17.7. The average molecular weight is 221 g/mol. The molecule has 0 bridgehead atoms. The molecule has 0 aromatic carbocycles. The second-order valence-corrected chi connectivity index (χ2v) is 5.04. The smallest absolute Gasteiger partial charge is 0.0953 e. The molecule has 1 heterocycles. The molecule has 3 nitrogen and oxygen atoms in total. The number of hydrogen-bond acceptors (Lipinski definition) is 2. The Morgan fingerprint density at radius 3 is 2.81 bits per heavy atom. The molecule has 0 radical (unpaired) electrons. The maximum atomic E-state index is 4.35. The zero-order chi connectivity index (χ0) is 11.5. The van der Waals surface area contributed by atoms with Gasteiger partial charge in [0.2, 0.25) is 0 Å². The van der Waals surface area contributed by atoms with Crippen molar-refractivity contribution in [2.45, 2.75) is 58.5 Å². The molecule has 1 aromatic rings. The molecule has 90 valence electrons. The lowest BCUT2D eigenvalue weighted by molar-refractivity contribution is 0.468. The second kappa shape index (κ2) is 5.00. The predicted octanol–water partition coefficient (Wildman–Crippen LogP) is 2.59. The summed E-state index contributed by atoms with van der Waals surface area (Å²) >= 11 is 0. The van der Waals surface area contributed by atoms with Crippen LogP contribution in [0.3, 0.4) is 0 Å². The van der Waals surface area contributed by atoms with Gasteiger partial charge in [-0.15, -0.1) is 0 Å². The standard InChI is InChI=1S/C13H23N3/c1-10(5-4-8-14-13-6-7-13)16-9-15-11(2)12(16)3/h9-10,13-14H,4-8H2,1-3H3. The molecule has 1 N–H and O–H groups in total. The molecule has 1 atom stereocenters. The van der Waals surface area contributed by atoms with Crippen molar-refractivity contribution in [3.8, 4) is 0 Å². The summed E-state index contributed by atoms with van der Waals surface area (Å²) in [5.74, 6) is 0. The number of nitrogens with one attached hydrogen (secondary N) is 1. The highest BCUT2D eigenvalue weighted by molar-refractivity contribution is 5.09. The van der Waals surface area contributed by atoms with E-state index in [1.165, 1.54) is 37.9 Å². The van der Waals surface area contributed by atoms with E-state index in [2.05, 4.69) is 35.6 Å². The van der Waals surface area contributed by atoms with Crippen molar-refractivity contribution in [3.05, 3.63) is 17.7 Å². The van der Waals surface area contributed by atoms with Gasteiger partial charge in [0.1, 0.15) is 0 Å². The summed E-state index contributed by atoms with van der Waals surface area (Å²) in [5.41, 5.74) is 2.46. The van der Waals surface area contributed by atoms with Crippen molar-refractivity contribution in [1.82, 2.24) is 14.9 Å². The SMILES string of the molecule is Cc1ncn(C(C)CCCNC2CC2)c1C. The maximum absolute atomic E-state index is 4.35. The minimum atomic E-state index is 0.571. The third kappa shape index (κ3) is 2.85. The first-order valence-electron chi connectivity index (χ1n) is 6.42. The molecule has 1 aliphatic carbocycles. The van der Waals surface area contributed by atoms with Crippen LogP contribution in [-0.4, -0.2) is 22.1 Å². The molecule has 0 spiro atoms. The molecule has 1 unspecified atom stereocenters. The van der Waals surface area contributed by atoms with Crippen LogP contribution in [0.5, 0.6) is 0 Å². The van der Waals surface area contributed by atoms with Crippen molar-refractivity contribution in [1.29, 1.82) is 0 Å². The molecule has 0 amide bonds. The lowest BCUT2D eigenvalue weighted by Gasteiger charge is -2.15. The van der Waals surface area contributed by atoms with Crippen molar-refractivity contribution < 1.29 is 0 Å². The van der Waals surface area contributed by atoms with E-state index in [4.69, 9.17) is 0 Å². The van der Waals surface area contributed by atoms with Crippen LogP contribution in [-0.2, 0) is 0 Å². The maximum Gasteiger partial charge on any atom is 0.0953 e. The molecular weight excluding hydrogens is 198 g/mol.